The van der Waals surface area contributed by atoms with Crippen molar-refractivity contribution in [3.8, 4) is 0 Å². The predicted molar refractivity (Wildman–Crippen MR) is 73.7 cm³/mol. The van der Waals surface area contributed by atoms with E-state index in [2.05, 4.69) is 10.3 Å². The SMILES string of the molecule is Cc1cccc(NCC(CO)c2ccccc2)n1. The van der Waals surface area contributed by atoms with Crippen LogP contribution in [-0.4, -0.2) is 23.2 Å². The van der Waals surface area contributed by atoms with Gasteiger partial charge in [-0.05, 0) is 24.6 Å². The van der Waals surface area contributed by atoms with E-state index in [1.165, 1.54) is 0 Å². The molecule has 0 aliphatic rings. The van der Waals surface area contributed by atoms with Crippen LogP contribution < -0.4 is 5.32 Å². The highest BCUT2D eigenvalue weighted by Crippen LogP contribution is 2.15. The lowest BCUT2D eigenvalue weighted by molar-refractivity contribution is 0.270. The Hall–Kier alpha value is -1.87. The molecule has 2 aromatic rings. The van der Waals surface area contributed by atoms with Crippen molar-refractivity contribution in [1.29, 1.82) is 0 Å². The predicted octanol–water partition coefficient (Wildman–Crippen LogP) is 2.58. The van der Waals surface area contributed by atoms with E-state index in [4.69, 9.17) is 0 Å². The van der Waals surface area contributed by atoms with Crippen molar-refractivity contribution >= 4 is 5.82 Å². The Morgan fingerprint density at radius 3 is 2.56 bits per heavy atom. The van der Waals surface area contributed by atoms with Gasteiger partial charge in [-0.2, -0.15) is 0 Å². The maximum atomic E-state index is 9.45. The summed E-state index contributed by atoms with van der Waals surface area (Å²) in [7, 11) is 0. The van der Waals surface area contributed by atoms with Gasteiger partial charge in [-0.15, -0.1) is 0 Å². The van der Waals surface area contributed by atoms with Crippen LogP contribution in [0.1, 0.15) is 17.2 Å². The molecule has 3 heteroatoms. The first-order valence-electron chi connectivity index (χ1n) is 6.13. The van der Waals surface area contributed by atoms with Crippen molar-refractivity contribution in [3.05, 3.63) is 59.8 Å². The van der Waals surface area contributed by atoms with E-state index in [-0.39, 0.29) is 12.5 Å². The Morgan fingerprint density at radius 1 is 1.11 bits per heavy atom. The number of aromatic nitrogens is 1. The van der Waals surface area contributed by atoms with Gasteiger partial charge in [-0.25, -0.2) is 4.98 Å². The third-order valence-electron chi connectivity index (χ3n) is 2.91. The average Bonchev–Trinajstić information content (AvgIpc) is 2.41. The molecule has 0 saturated heterocycles. The normalized spacial score (nSPS) is 12.1. The monoisotopic (exact) mass is 242 g/mol. The number of nitrogens with zero attached hydrogens (tertiary/aromatic N) is 1. The number of pyridine rings is 1. The molecule has 0 aliphatic heterocycles. The molecule has 18 heavy (non-hydrogen) atoms. The Bertz CT molecular complexity index is 485. The van der Waals surface area contributed by atoms with E-state index in [0.29, 0.717) is 6.54 Å². The first-order valence-corrected chi connectivity index (χ1v) is 6.13. The van der Waals surface area contributed by atoms with Gasteiger partial charge in [0.2, 0.25) is 0 Å². The standard InChI is InChI=1S/C15H18N2O/c1-12-6-5-9-15(17-12)16-10-14(11-18)13-7-3-2-4-8-13/h2-9,14,18H,10-11H2,1H3,(H,16,17). The van der Waals surface area contributed by atoms with Gasteiger partial charge in [-0.1, -0.05) is 36.4 Å². The van der Waals surface area contributed by atoms with Gasteiger partial charge in [0.15, 0.2) is 0 Å². The molecule has 0 aliphatic carbocycles. The van der Waals surface area contributed by atoms with Crippen LogP contribution >= 0.6 is 0 Å². The fourth-order valence-electron chi connectivity index (χ4n) is 1.88. The summed E-state index contributed by atoms with van der Waals surface area (Å²) in [5, 5.41) is 12.7. The summed E-state index contributed by atoms with van der Waals surface area (Å²) in [4.78, 5) is 4.38. The minimum absolute atomic E-state index is 0.0912. The van der Waals surface area contributed by atoms with Crippen molar-refractivity contribution in [3.63, 3.8) is 0 Å². The number of hydrogen-bond donors (Lipinski definition) is 2. The highest BCUT2D eigenvalue weighted by Gasteiger charge is 2.09. The van der Waals surface area contributed by atoms with Gasteiger partial charge in [0.1, 0.15) is 5.82 Å². The topological polar surface area (TPSA) is 45.1 Å². The molecule has 2 rings (SSSR count). The van der Waals surface area contributed by atoms with Crippen LogP contribution in [0.15, 0.2) is 48.5 Å². The highest BCUT2D eigenvalue weighted by molar-refractivity contribution is 5.36. The molecule has 1 aromatic heterocycles. The zero-order valence-corrected chi connectivity index (χ0v) is 10.5. The van der Waals surface area contributed by atoms with Crippen LogP contribution in [0.3, 0.4) is 0 Å². The smallest absolute Gasteiger partial charge is 0.126 e. The number of aliphatic hydroxyl groups excluding tert-OH is 1. The van der Waals surface area contributed by atoms with Crippen LogP contribution in [-0.2, 0) is 0 Å². The summed E-state index contributed by atoms with van der Waals surface area (Å²) >= 11 is 0. The van der Waals surface area contributed by atoms with E-state index in [1.807, 2.05) is 55.5 Å². The molecule has 1 unspecified atom stereocenters. The molecule has 0 bridgehead atoms. The second-order valence-corrected chi connectivity index (χ2v) is 4.34. The van der Waals surface area contributed by atoms with E-state index in [9.17, 15) is 5.11 Å². The van der Waals surface area contributed by atoms with E-state index in [0.717, 1.165) is 17.1 Å². The zero-order chi connectivity index (χ0) is 12.8. The van der Waals surface area contributed by atoms with Gasteiger partial charge in [0.05, 0.1) is 6.61 Å². The van der Waals surface area contributed by atoms with Crippen molar-refractivity contribution < 1.29 is 5.11 Å². The second-order valence-electron chi connectivity index (χ2n) is 4.34. The fourth-order valence-corrected chi connectivity index (χ4v) is 1.88. The van der Waals surface area contributed by atoms with Crippen molar-refractivity contribution in [2.45, 2.75) is 12.8 Å². The number of hydrogen-bond acceptors (Lipinski definition) is 3. The first kappa shape index (κ1) is 12.6. The molecular weight excluding hydrogens is 224 g/mol. The largest absolute Gasteiger partial charge is 0.396 e. The number of nitrogens with one attached hydrogen (secondary N) is 1. The summed E-state index contributed by atoms with van der Waals surface area (Å²) in [6.45, 7) is 2.77. The van der Waals surface area contributed by atoms with E-state index < -0.39 is 0 Å². The first-order chi connectivity index (χ1) is 8.79. The van der Waals surface area contributed by atoms with Gasteiger partial charge in [0.25, 0.3) is 0 Å². The number of anilines is 1. The van der Waals surface area contributed by atoms with Crippen molar-refractivity contribution in [1.82, 2.24) is 4.98 Å². The number of rotatable bonds is 5. The fraction of sp³-hybridized carbons (Fsp3) is 0.267. The summed E-state index contributed by atoms with van der Waals surface area (Å²) in [5.74, 6) is 0.942. The lowest BCUT2D eigenvalue weighted by Crippen LogP contribution is -2.16. The van der Waals surface area contributed by atoms with Crippen LogP contribution in [0.25, 0.3) is 0 Å². The van der Waals surface area contributed by atoms with Gasteiger partial charge in [-0.3, -0.25) is 0 Å². The quantitative estimate of drug-likeness (QED) is 0.847. The number of aliphatic hydroxyl groups is 1. The molecule has 0 radical (unpaired) electrons. The minimum Gasteiger partial charge on any atom is -0.396 e. The number of benzene rings is 1. The molecule has 94 valence electrons. The molecule has 0 spiro atoms. The molecular formula is C15H18N2O. The summed E-state index contributed by atoms with van der Waals surface area (Å²) in [6, 6.07) is 15.9. The third kappa shape index (κ3) is 3.31. The molecule has 0 amide bonds. The van der Waals surface area contributed by atoms with Crippen LogP contribution in [0, 0.1) is 6.92 Å². The lowest BCUT2D eigenvalue weighted by Gasteiger charge is -2.16. The van der Waals surface area contributed by atoms with E-state index >= 15 is 0 Å². The zero-order valence-electron chi connectivity index (χ0n) is 10.5. The van der Waals surface area contributed by atoms with Crippen LogP contribution in [0.4, 0.5) is 5.82 Å². The Labute approximate surface area is 108 Å². The third-order valence-corrected chi connectivity index (χ3v) is 2.91. The second kappa shape index (κ2) is 6.17. The number of aryl methyl sites for hydroxylation is 1. The molecule has 3 nitrogen and oxygen atoms in total. The van der Waals surface area contributed by atoms with E-state index in [1.54, 1.807) is 0 Å². The maximum absolute atomic E-state index is 9.45. The minimum atomic E-state index is 0.0912. The summed E-state index contributed by atoms with van der Waals surface area (Å²) in [6.07, 6.45) is 0. The lowest BCUT2D eigenvalue weighted by atomic mass is 10.0. The van der Waals surface area contributed by atoms with Crippen molar-refractivity contribution in [2.24, 2.45) is 0 Å². The molecule has 1 atom stereocenters. The summed E-state index contributed by atoms with van der Waals surface area (Å²) < 4.78 is 0. The highest BCUT2D eigenvalue weighted by atomic mass is 16.3. The van der Waals surface area contributed by atoms with Crippen LogP contribution in [0.2, 0.25) is 0 Å². The van der Waals surface area contributed by atoms with Gasteiger partial charge in [0, 0.05) is 18.2 Å². The average molecular weight is 242 g/mol. The Balaban J connectivity index is 2.00. The Morgan fingerprint density at radius 2 is 1.89 bits per heavy atom. The van der Waals surface area contributed by atoms with Crippen LogP contribution in [0.5, 0.6) is 0 Å². The molecule has 0 saturated carbocycles. The molecule has 0 fully saturated rings. The molecule has 2 N–H and O–H groups in total. The molecule has 1 heterocycles. The Kier molecular flexibility index (Phi) is 4.31. The summed E-state index contributed by atoms with van der Waals surface area (Å²) in [5.41, 5.74) is 2.13. The van der Waals surface area contributed by atoms with Gasteiger partial charge >= 0.3 is 0 Å². The van der Waals surface area contributed by atoms with Gasteiger partial charge < -0.3 is 10.4 Å². The maximum Gasteiger partial charge on any atom is 0.126 e. The molecule has 1 aromatic carbocycles. The van der Waals surface area contributed by atoms with Crippen molar-refractivity contribution in [2.75, 3.05) is 18.5 Å².